The molecule has 1 aromatic heterocycles. The highest BCUT2D eigenvalue weighted by atomic mass is 17.1. The molecule has 4 rings (SSSR count). The van der Waals surface area contributed by atoms with Crippen LogP contribution in [-0.2, 0) is 16.2 Å². The quantitative estimate of drug-likeness (QED) is 0.187. The van der Waals surface area contributed by atoms with E-state index in [4.69, 9.17) is 15.0 Å². The Hall–Kier alpha value is -2.01. The fourth-order valence-electron chi connectivity index (χ4n) is 5.97. The number of carbonyl (C=O) groups excluding carboxylic acids is 1. The Morgan fingerprint density at radius 3 is 2.69 bits per heavy atom. The Kier molecular flexibility index (Phi) is 13.7. The minimum Gasteiger partial charge on any atom is -0.472 e. The van der Waals surface area contributed by atoms with E-state index in [2.05, 4.69) is 47.6 Å². The van der Waals surface area contributed by atoms with Gasteiger partial charge in [-0.1, -0.05) is 51.3 Å². The molecule has 3 aliphatic rings. The highest BCUT2D eigenvalue weighted by Gasteiger charge is 2.38. The lowest BCUT2D eigenvalue weighted by Crippen LogP contribution is -2.55. The van der Waals surface area contributed by atoms with Crippen molar-refractivity contribution in [2.45, 2.75) is 96.1 Å². The fraction of sp³-hybridized carbons (Fsp3) is 0.700. The molecule has 1 amide bonds. The van der Waals surface area contributed by atoms with Gasteiger partial charge in [-0.05, 0) is 49.2 Å². The van der Waals surface area contributed by atoms with Crippen LogP contribution in [0.4, 0.5) is 0 Å². The molecule has 0 aromatic carbocycles. The first kappa shape index (κ1) is 31.5. The van der Waals surface area contributed by atoms with E-state index in [1.165, 1.54) is 32.1 Å². The molecule has 2 aliphatic carbocycles. The molecule has 1 saturated carbocycles. The third kappa shape index (κ3) is 11.2. The zero-order valence-electron chi connectivity index (χ0n) is 23.8. The van der Waals surface area contributed by atoms with Gasteiger partial charge >= 0.3 is 0 Å². The Morgan fingerprint density at radius 1 is 1.26 bits per heavy atom. The molecule has 1 saturated heterocycles. The van der Waals surface area contributed by atoms with Gasteiger partial charge < -0.3 is 25.9 Å². The first-order chi connectivity index (χ1) is 18.9. The highest BCUT2D eigenvalue weighted by molar-refractivity contribution is 5.75. The Bertz CT molecular complexity index is 888. The largest absolute Gasteiger partial charge is 0.472 e. The van der Waals surface area contributed by atoms with Gasteiger partial charge in [0.15, 0.2) is 0 Å². The predicted octanol–water partition coefficient (Wildman–Crippen LogP) is 3.61. The topological polar surface area (TPSA) is 133 Å². The number of nitrogens with two attached hydrogens (primary N) is 1. The van der Waals surface area contributed by atoms with Crippen molar-refractivity contribution in [3.63, 3.8) is 0 Å². The number of aliphatic hydroxyl groups excluding tert-OH is 1. The summed E-state index contributed by atoms with van der Waals surface area (Å²) in [5.74, 6) is 1.24. The van der Waals surface area contributed by atoms with Gasteiger partial charge in [0.1, 0.15) is 6.10 Å². The number of amides is 1. The van der Waals surface area contributed by atoms with Crippen molar-refractivity contribution >= 4 is 5.91 Å². The molecule has 5 unspecified atom stereocenters. The second kappa shape index (κ2) is 16.9. The lowest BCUT2D eigenvalue weighted by atomic mass is 9.72. The van der Waals surface area contributed by atoms with Crippen LogP contribution in [0.1, 0.15) is 70.8 Å². The van der Waals surface area contributed by atoms with Crippen LogP contribution < -0.4 is 16.4 Å². The van der Waals surface area contributed by atoms with Crippen molar-refractivity contribution in [1.82, 2.24) is 15.5 Å². The Labute approximate surface area is 233 Å². The monoisotopic (exact) mass is 546 g/mol. The third-order valence-electron chi connectivity index (χ3n) is 8.09. The average Bonchev–Trinajstić information content (AvgIpc) is 3.44. The number of piperidine rings is 1. The first-order valence-corrected chi connectivity index (χ1v) is 14.7. The maximum atomic E-state index is 10.9. The fourth-order valence-corrected chi connectivity index (χ4v) is 5.97. The number of furan rings is 1. The number of rotatable bonds is 13. The van der Waals surface area contributed by atoms with E-state index in [0.717, 1.165) is 48.9 Å². The number of hydrogen-bond donors (Lipinski definition) is 5. The van der Waals surface area contributed by atoms with Crippen LogP contribution in [0.25, 0.3) is 0 Å². The van der Waals surface area contributed by atoms with E-state index in [-0.39, 0.29) is 12.5 Å². The summed E-state index contributed by atoms with van der Waals surface area (Å²) < 4.78 is 4.82. The predicted molar refractivity (Wildman–Crippen MR) is 153 cm³/mol. The van der Waals surface area contributed by atoms with Crippen LogP contribution in [0.5, 0.6) is 0 Å². The standard InChI is InChI=1S/C23H40N2O3.C7H10N2O2/c1-17(2)24-14-21-13-19-10-6-7-11-20(19)15-25(21)16-22(26)23(28-27)12-18-8-4-3-5-9-18;8-7(10)4-9-3-6-1-2-11-5-6/h4,8-9,17,19-24,26-27H,3,5-7,10-16H2,1-2H3;1-2,5,9H,3-4H2,(H2,8,10). The minimum atomic E-state index is -0.692. The van der Waals surface area contributed by atoms with Gasteiger partial charge in [-0.2, -0.15) is 0 Å². The minimum absolute atomic E-state index is 0.200. The number of β-amino-alcohol motifs (C(OH)–C–C–N with tert-alkyl or cyclic N) is 1. The van der Waals surface area contributed by atoms with Gasteiger partial charge in [-0.15, -0.1) is 0 Å². The number of carbonyl (C=O) groups is 1. The molecular formula is C30H50N4O5. The van der Waals surface area contributed by atoms with Crippen LogP contribution in [0.2, 0.25) is 0 Å². The lowest BCUT2D eigenvalue weighted by molar-refractivity contribution is -0.297. The maximum Gasteiger partial charge on any atom is 0.231 e. The SMILES string of the molecule is CC(C)NCC1CC2CCCCC2CN1CC(O)C(CC1=CCCC=C1)OO.NC(=O)CNCc1ccoc1. The second-order valence-corrected chi connectivity index (χ2v) is 11.6. The second-order valence-electron chi connectivity index (χ2n) is 11.6. The summed E-state index contributed by atoms with van der Waals surface area (Å²) in [5, 5.41) is 26.8. The average molecular weight is 547 g/mol. The van der Waals surface area contributed by atoms with E-state index < -0.39 is 12.2 Å². The number of fused-ring (bicyclic) bond motifs is 1. The molecular weight excluding hydrogens is 496 g/mol. The summed E-state index contributed by atoms with van der Waals surface area (Å²) in [6.07, 6.45) is 17.6. The molecule has 0 spiro atoms. The molecule has 9 nitrogen and oxygen atoms in total. The van der Waals surface area contributed by atoms with Crippen LogP contribution in [0.15, 0.2) is 46.8 Å². The van der Waals surface area contributed by atoms with Crippen molar-refractivity contribution in [3.05, 3.63) is 48.0 Å². The van der Waals surface area contributed by atoms with Crippen LogP contribution in [0, 0.1) is 11.8 Å². The normalized spacial score (nSPS) is 24.8. The van der Waals surface area contributed by atoms with Gasteiger partial charge in [0.25, 0.3) is 0 Å². The van der Waals surface area contributed by atoms with Crippen molar-refractivity contribution in [2.24, 2.45) is 17.6 Å². The summed E-state index contributed by atoms with van der Waals surface area (Å²) >= 11 is 0. The number of aliphatic hydroxyl groups is 1. The number of nitrogens with one attached hydrogen (secondary N) is 2. The van der Waals surface area contributed by atoms with Crippen molar-refractivity contribution in [1.29, 1.82) is 0 Å². The van der Waals surface area contributed by atoms with Gasteiger partial charge in [-0.25, -0.2) is 4.89 Å². The summed E-state index contributed by atoms with van der Waals surface area (Å²) in [5.41, 5.74) is 7.06. The van der Waals surface area contributed by atoms with Crippen LogP contribution in [0.3, 0.4) is 0 Å². The lowest BCUT2D eigenvalue weighted by Gasteiger charge is -2.47. The van der Waals surface area contributed by atoms with E-state index in [9.17, 15) is 15.2 Å². The summed E-state index contributed by atoms with van der Waals surface area (Å²) in [7, 11) is 0. The number of hydrogen-bond acceptors (Lipinski definition) is 8. The molecule has 220 valence electrons. The molecule has 9 heteroatoms. The molecule has 2 heterocycles. The summed E-state index contributed by atoms with van der Waals surface area (Å²) in [4.78, 5) is 17.5. The van der Waals surface area contributed by atoms with Crippen molar-refractivity contribution in [3.8, 4) is 0 Å². The van der Waals surface area contributed by atoms with Crippen LogP contribution in [-0.4, -0.2) is 71.6 Å². The molecule has 0 bridgehead atoms. The Balaban J connectivity index is 0.000000320. The smallest absolute Gasteiger partial charge is 0.231 e. The molecule has 2 fully saturated rings. The van der Waals surface area contributed by atoms with Crippen molar-refractivity contribution < 1.29 is 24.5 Å². The third-order valence-corrected chi connectivity index (χ3v) is 8.09. The molecule has 0 radical (unpaired) electrons. The summed E-state index contributed by atoms with van der Waals surface area (Å²) in [6.45, 7) is 7.78. The van der Waals surface area contributed by atoms with E-state index in [1.54, 1.807) is 12.5 Å². The zero-order chi connectivity index (χ0) is 28.0. The highest BCUT2D eigenvalue weighted by Crippen LogP contribution is 2.38. The number of nitrogens with zero attached hydrogens (tertiary/aromatic N) is 1. The first-order valence-electron chi connectivity index (χ1n) is 14.7. The van der Waals surface area contributed by atoms with Crippen LogP contribution >= 0.6 is 0 Å². The molecule has 1 aromatic rings. The number of likely N-dealkylation sites (tertiary alicyclic amines) is 1. The zero-order valence-corrected chi connectivity index (χ0v) is 23.8. The molecule has 5 atom stereocenters. The molecule has 6 N–H and O–H groups in total. The molecule has 39 heavy (non-hydrogen) atoms. The van der Waals surface area contributed by atoms with Crippen molar-refractivity contribution in [2.75, 3.05) is 26.2 Å². The van der Waals surface area contributed by atoms with Gasteiger partial charge in [0.2, 0.25) is 5.91 Å². The Morgan fingerprint density at radius 2 is 2.05 bits per heavy atom. The maximum absolute atomic E-state index is 10.9. The summed E-state index contributed by atoms with van der Waals surface area (Å²) in [6, 6.07) is 2.74. The molecule has 1 aliphatic heterocycles. The van der Waals surface area contributed by atoms with E-state index in [1.807, 2.05) is 6.07 Å². The van der Waals surface area contributed by atoms with E-state index >= 15 is 0 Å². The van der Waals surface area contributed by atoms with Gasteiger partial charge in [0, 0.05) is 50.2 Å². The van der Waals surface area contributed by atoms with E-state index in [0.29, 0.717) is 31.6 Å². The number of allylic oxidation sites excluding steroid dienone is 3. The van der Waals surface area contributed by atoms with Gasteiger partial charge in [-0.3, -0.25) is 15.0 Å². The number of primary amides is 1. The van der Waals surface area contributed by atoms with Gasteiger partial charge in [0.05, 0.1) is 25.2 Å².